The number of carbonyl (C=O) groups excluding carboxylic acids is 1. The van der Waals surface area contributed by atoms with Crippen molar-refractivity contribution in [2.24, 2.45) is 16.8 Å². The molecule has 5 N–H and O–H groups in total. The summed E-state index contributed by atoms with van der Waals surface area (Å²) in [4.78, 5) is 13.2. The molecular weight excluding hydrogens is 398 g/mol. The average Bonchev–Trinajstić information content (AvgIpc) is 2.65. The van der Waals surface area contributed by atoms with E-state index >= 15 is 4.39 Å². The van der Waals surface area contributed by atoms with Crippen LogP contribution in [0.5, 0.6) is 0 Å². The Bertz CT molecular complexity index is 823. The van der Waals surface area contributed by atoms with E-state index in [4.69, 9.17) is 10.9 Å². The zero-order valence-corrected chi connectivity index (χ0v) is 16.3. The topological polar surface area (TPSA) is 119 Å². The van der Waals surface area contributed by atoms with Gasteiger partial charge in [-0.25, -0.2) is 22.0 Å². The molecule has 1 atom stereocenters. The van der Waals surface area contributed by atoms with Crippen molar-refractivity contribution in [2.45, 2.75) is 29.7 Å². The second-order valence-corrected chi connectivity index (χ2v) is 9.24. The van der Waals surface area contributed by atoms with Gasteiger partial charge in [0.25, 0.3) is 0 Å². The molecular formula is C16H22F2N4O3S2. The molecule has 27 heavy (non-hydrogen) atoms. The molecule has 0 saturated carbocycles. The van der Waals surface area contributed by atoms with Crippen molar-refractivity contribution < 1.29 is 22.0 Å². The molecule has 2 amide bonds. The number of hydrogen-bond donors (Lipinski definition) is 3. The van der Waals surface area contributed by atoms with Gasteiger partial charge in [0.05, 0.1) is 4.90 Å². The molecule has 0 bridgehead atoms. The third-order valence-corrected chi connectivity index (χ3v) is 7.40. The Morgan fingerprint density at radius 1 is 1.41 bits per heavy atom. The molecule has 0 aromatic heterocycles. The lowest BCUT2D eigenvalue weighted by Gasteiger charge is -2.37. The molecule has 1 fully saturated rings. The fourth-order valence-electron chi connectivity index (χ4n) is 2.98. The highest BCUT2D eigenvalue weighted by Gasteiger charge is 2.48. The summed E-state index contributed by atoms with van der Waals surface area (Å²) in [5.74, 6) is -1.58. The van der Waals surface area contributed by atoms with Gasteiger partial charge >= 0.3 is 6.03 Å². The third kappa shape index (κ3) is 4.53. The zero-order chi connectivity index (χ0) is 20.2. The second kappa shape index (κ2) is 8.44. The molecule has 1 heterocycles. The maximum Gasteiger partial charge on any atom is 0.322 e. The van der Waals surface area contributed by atoms with Crippen molar-refractivity contribution in [2.75, 3.05) is 13.1 Å². The summed E-state index contributed by atoms with van der Waals surface area (Å²) >= 11 is 0.777. The average molecular weight is 421 g/mol. The van der Waals surface area contributed by atoms with Crippen molar-refractivity contribution in [1.29, 1.82) is 0 Å². The third-order valence-electron chi connectivity index (χ3n) is 4.65. The predicted molar refractivity (Wildman–Crippen MR) is 100.0 cm³/mol. The van der Waals surface area contributed by atoms with Crippen LogP contribution in [0.3, 0.4) is 0 Å². The van der Waals surface area contributed by atoms with Gasteiger partial charge in [-0.05, 0) is 49.9 Å². The highest BCUT2D eigenvalue weighted by molar-refractivity contribution is 8.00. The molecule has 0 radical (unpaired) electrons. The first kappa shape index (κ1) is 21.5. The lowest BCUT2D eigenvalue weighted by molar-refractivity contribution is 0.114. The van der Waals surface area contributed by atoms with Crippen LogP contribution >= 0.6 is 11.9 Å². The van der Waals surface area contributed by atoms with E-state index in [-0.39, 0.29) is 31.0 Å². The van der Waals surface area contributed by atoms with Crippen LogP contribution in [0.1, 0.15) is 19.8 Å². The van der Waals surface area contributed by atoms with E-state index in [2.05, 4.69) is 5.32 Å². The van der Waals surface area contributed by atoms with Gasteiger partial charge in [0.2, 0.25) is 14.8 Å². The number of alkyl halides is 1. The van der Waals surface area contributed by atoms with Crippen molar-refractivity contribution in [3.63, 3.8) is 0 Å². The lowest BCUT2D eigenvalue weighted by Crippen LogP contribution is -2.49. The van der Waals surface area contributed by atoms with Gasteiger partial charge in [-0.3, -0.25) is 10.5 Å². The summed E-state index contributed by atoms with van der Waals surface area (Å²) in [6.07, 6.45) is 1.44. The SMILES string of the molecule is CC(F)(C1CCN(C(=O)N/C(=C/N)SN)CC1)S(=O)(=O)c1cccc(F)c1. The Hall–Kier alpha value is -1.85. The van der Waals surface area contributed by atoms with Crippen LogP contribution in [0.4, 0.5) is 13.6 Å². The van der Waals surface area contributed by atoms with E-state index in [0.29, 0.717) is 0 Å². The van der Waals surface area contributed by atoms with E-state index in [9.17, 15) is 17.6 Å². The van der Waals surface area contributed by atoms with Crippen LogP contribution in [-0.2, 0) is 9.84 Å². The van der Waals surface area contributed by atoms with Crippen molar-refractivity contribution in [1.82, 2.24) is 10.2 Å². The summed E-state index contributed by atoms with van der Waals surface area (Å²) < 4.78 is 54.1. The molecule has 1 saturated heterocycles. The van der Waals surface area contributed by atoms with E-state index < -0.39 is 37.5 Å². The molecule has 1 aliphatic heterocycles. The number of nitrogens with zero attached hydrogens (tertiary/aromatic N) is 1. The second-order valence-electron chi connectivity index (χ2n) is 6.29. The van der Waals surface area contributed by atoms with Crippen LogP contribution in [0.25, 0.3) is 0 Å². The summed E-state index contributed by atoms with van der Waals surface area (Å²) in [5, 5.41) is 5.54. The van der Waals surface area contributed by atoms with Gasteiger partial charge < -0.3 is 10.6 Å². The Balaban J connectivity index is 2.09. The number of nitrogens with two attached hydrogens (primary N) is 2. The number of piperidine rings is 1. The van der Waals surface area contributed by atoms with E-state index in [1.807, 2.05) is 0 Å². The molecule has 1 aromatic carbocycles. The molecule has 2 rings (SSSR count). The van der Waals surface area contributed by atoms with Crippen LogP contribution in [-0.4, -0.2) is 37.4 Å². The number of benzene rings is 1. The molecule has 7 nitrogen and oxygen atoms in total. The largest absolute Gasteiger partial charge is 0.402 e. The Morgan fingerprint density at radius 3 is 2.56 bits per heavy atom. The molecule has 1 unspecified atom stereocenters. The fourth-order valence-corrected chi connectivity index (χ4v) is 4.86. The first-order valence-electron chi connectivity index (χ1n) is 8.17. The van der Waals surface area contributed by atoms with Crippen LogP contribution < -0.4 is 16.2 Å². The number of urea groups is 1. The Kier molecular flexibility index (Phi) is 6.71. The van der Waals surface area contributed by atoms with Gasteiger partial charge in [-0.1, -0.05) is 6.07 Å². The zero-order valence-electron chi connectivity index (χ0n) is 14.7. The van der Waals surface area contributed by atoms with Crippen LogP contribution in [0, 0.1) is 11.7 Å². The molecule has 0 aliphatic carbocycles. The van der Waals surface area contributed by atoms with Crippen molar-refractivity contribution in [3.8, 4) is 0 Å². The molecule has 150 valence electrons. The number of sulfone groups is 1. The smallest absolute Gasteiger partial charge is 0.322 e. The molecule has 1 aliphatic rings. The standard InChI is InChI=1S/C16H22F2N4O3S2/c1-16(18,27(24,25)13-4-2-3-12(17)9-13)11-5-7-22(8-6-11)15(23)21-14(10-19)26-20/h2-4,9-11H,5-8,19-20H2,1H3,(H,21,23)/b14-10-. The van der Waals surface area contributed by atoms with Gasteiger partial charge in [-0.15, -0.1) is 0 Å². The molecule has 11 heteroatoms. The summed E-state index contributed by atoms with van der Waals surface area (Å²) in [6, 6.07) is 3.85. The van der Waals surface area contributed by atoms with Crippen molar-refractivity contribution in [3.05, 3.63) is 41.3 Å². The minimum Gasteiger partial charge on any atom is -0.402 e. The number of halogens is 2. The number of likely N-dealkylation sites (tertiary alicyclic amines) is 1. The van der Waals surface area contributed by atoms with Gasteiger partial charge in [0, 0.05) is 25.2 Å². The number of rotatable bonds is 5. The Labute approximate surface area is 161 Å². The minimum absolute atomic E-state index is 0.145. The first-order valence-corrected chi connectivity index (χ1v) is 10.5. The quantitative estimate of drug-likeness (QED) is 0.628. The fraction of sp³-hybridized carbons (Fsp3) is 0.438. The van der Waals surface area contributed by atoms with Gasteiger partial charge in [0.1, 0.15) is 10.8 Å². The number of nitrogens with one attached hydrogen (secondary N) is 1. The normalized spacial score (nSPS) is 18.8. The predicted octanol–water partition coefficient (Wildman–Crippen LogP) is 2.07. The van der Waals surface area contributed by atoms with Gasteiger partial charge in [-0.2, -0.15) is 0 Å². The molecule has 1 aromatic rings. The highest BCUT2D eigenvalue weighted by atomic mass is 32.2. The minimum atomic E-state index is -4.40. The number of amides is 2. The summed E-state index contributed by atoms with van der Waals surface area (Å²) in [6.45, 7) is 1.33. The number of carbonyl (C=O) groups is 1. The number of hydrogen-bond acceptors (Lipinski definition) is 6. The highest BCUT2D eigenvalue weighted by Crippen LogP contribution is 2.39. The monoisotopic (exact) mass is 420 g/mol. The van der Waals surface area contributed by atoms with Crippen molar-refractivity contribution >= 4 is 27.8 Å². The maximum absolute atomic E-state index is 15.3. The lowest BCUT2D eigenvalue weighted by atomic mass is 9.92. The maximum atomic E-state index is 15.3. The van der Waals surface area contributed by atoms with Crippen LogP contribution in [0.15, 0.2) is 40.4 Å². The summed E-state index contributed by atoms with van der Waals surface area (Å²) in [7, 11) is -4.40. The van der Waals surface area contributed by atoms with E-state index in [1.54, 1.807) is 0 Å². The first-order chi connectivity index (χ1) is 12.6. The van der Waals surface area contributed by atoms with Gasteiger partial charge in [0.15, 0.2) is 0 Å². The Morgan fingerprint density at radius 2 is 2.04 bits per heavy atom. The van der Waals surface area contributed by atoms with E-state index in [1.165, 1.54) is 17.0 Å². The summed E-state index contributed by atoms with van der Waals surface area (Å²) in [5.41, 5.74) is 5.31. The van der Waals surface area contributed by atoms with Crippen LogP contribution in [0.2, 0.25) is 0 Å². The van der Waals surface area contributed by atoms with E-state index in [0.717, 1.165) is 37.2 Å². The molecule has 0 spiro atoms.